The van der Waals surface area contributed by atoms with Crippen LogP contribution in [0.3, 0.4) is 0 Å². The van der Waals surface area contributed by atoms with Crippen molar-refractivity contribution in [2.45, 2.75) is 51.5 Å². The molecule has 2 fully saturated rings. The Morgan fingerprint density at radius 3 is 2.33 bits per heavy atom. The predicted octanol–water partition coefficient (Wildman–Crippen LogP) is 5.32. The first-order chi connectivity index (χ1) is 17.5. The van der Waals surface area contributed by atoms with Crippen LogP contribution in [0.1, 0.15) is 53.7 Å². The second kappa shape index (κ2) is 10.7. The van der Waals surface area contributed by atoms with Gasteiger partial charge in [0.05, 0.1) is 19.0 Å². The van der Waals surface area contributed by atoms with Crippen molar-refractivity contribution in [2.24, 2.45) is 0 Å². The Balaban J connectivity index is 1.39. The Bertz CT molecular complexity index is 1250. The van der Waals surface area contributed by atoms with E-state index >= 15 is 0 Å². The van der Waals surface area contributed by atoms with Crippen molar-refractivity contribution >= 4 is 34.3 Å². The van der Waals surface area contributed by atoms with E-state index in [2.05, 4.69) is 4.90 Å². The van der Waals surface area contributed by atoms with Crippen molar-refractivity contribution in [3.63, 3.8) is 0 Å². The first kappa shape index (κ1) is 24.8. The van der Waals surface area contributed by atoms with Crippen LogP contribution in [-0.4, -0.2) is 65.5 Å². The van der Waals surface area contributed by atoms with Crippen molar-refractivity contribution in [1.29, 1.82) is 0 Å². The number of hydrogen-bond acceptors (Lipinski definition) is 4. The van der Waals surface area contributed by atoms with Gasteiger partial charge in [-0.25, -0.2) is 0 Å². The van der Waals surface area contributed by atoms with E-state index in [0.717, 1.165) is 48.3 Å². The Morgan fingerprint density at radius 2 is 1.67 bits per heavy atom. The first-order valence-corrected chi connectivity index (χ1v) is 13.3. The van der Waals surface area contributed by atoms with Crippen LogP contribution in [0.4, 0.5) is 0 Å². The number of rotatable bonds is 5. The molecule has 1 aliphatic heterocycles. The van der Waals surface area contributed by atoms with E-state index in [1.165, 1.54) is 32.1 Å². The van der Waals surface area contributed by atoms with Crippen LogP contribution in [0, 0.1) is 6.92 Å². The Morgan fingerprint density at radius 1 is 0.972 bits per heavy atom. The largest absolute Gasteiger partial charge is 0.497 e. The lowest BCUT2D eigenvalue weighted by molar-refractivity contribution is -0.132. The second-order valence-electron chi connectivity index (χ2n) is 9.98. The Kier molecular flexibility index (Phi) is 7.35. The molecule has 2 aromatic carbocycles. The van der Waals surface area contributed by atoms with Gasteiger partial charge in [-0.15, -0.1) is 0 Å². The fourth-order valence-corrected chi connectivity index (χ4v) is 5.97. The summed E-state index contributed by atoms with van der Waals surface area (Å²) in [6.45, 7) is 5.34. The molecule has 0 radical (unpaired) electrons. The zero-order valence-corrected chi connectivity index (χ0v) is 21.9. The molecule has 7 heteroatoms. The van der Waals surface area contributed by atoms with Gasteiger partial charge >= 0.3 is 0 Å². The fraction of sp³-hybridized carbons (Fsp3) is 0.448. The molecule has 0 spiro atoms. The van der Waals surface area contributed by atoms with Crippen LogP contribution in [0.15, 0.2) is 42.5 Å². The number of halogens is 1. The van der Waals surface area contributed by atoms with Crippen molar-refractivity contribution in [1.82, 2.24) is 14.4 Å². The van der Waals surface area contributed by atoms with Crippen LogP contribution in [0.2, 0.25) is 5.02 Å². The van der Waals surface area contributed by atoms with Gasteiger partial charge in [0.2, 0.25) is 5.91 Å². The number of fused-ring (bicyclic) bond motifs is 1. The number of hydrogen-bond donors (Lipinski definition) is 0. The third kappa shape index (κ3) is 4.89. The summed E-state index contributed by atoms with van der Waals surface area (Å²) in [6.07, 6.45) is 6.84. The standard InChI is InChI=1S/C29H34ClN3O3/c1-20-25(19-28(34)32-16-14-31(15-17-32)23-6-4-3-5-7-23)26-18-24(36-2)12-13-27(26)33(20)29(35)21-8-10-22(30)11-9-21/h8-13,18,23H,3-7,14-17,19H2,1-2H3. The Labute approximate surface area is 217 Å². The van der Waals surface area contributed by atoms with Gasteiger partial charge in [-0.2, -0.15) is 0 Å². The maximum absolute atomic E-state index is 13.5. The van der Waals surface area contributed by atoms with Crippen molar-refractivity contribution in [3.8, 4) is 5.75 Å². The normalized spacial score (nSPS) is 17.5. The zero-order valence-electron chi connectivity index (χ0n) is 21.1. The van der Waals surface area contributed by atoms with E-state index in [4.69, 9.17) is 16.3 Å². The number of methoxy groups -OCH3 is 1. The highest BCUT2D eigenvalue weighted by Gasteiger charge is 2.28. The fourth-order valence-electron chi connectivity index (χ4n) is 5.84. The van der Waals surface area contributed by atoms with Crippen LogP contribution >= 0.6 is 11.6 Å². The van der Waals surface area contributed by atoms with Gasteiger partial charge in [-0.05, 0) is 67.8 Å². The minimum atomic E-state index is -0.140. The molecule has 1 saturated carbocycles. The monoisotopic (exact) mass is 507 g/mol. The quantitative estimate of drug-likeness (QED) is 0.469. The molecule has 190 valence electrons. The first-order valence-electron chi connectivity index (χ1n) is 13.0. The third-order valence-corrected chi connectivity index (χ3v) is 8.17. The van der Waals surface area contributed by atoms with E-state index in [1.807, 2.05) is 30.0 Å². The molecule has 1 aromatic heterocycles. The van der Waals surface area contributed by atoms with Crippen LogP contribution in [-0.2, 0) is 11.2 Å². The van der Waals surface area contributed by atoms with Gasteiger partial charge in [0.15, 0.2) is 0 Å². The lowest BCUT2D eigenvalue weighted by atomic mass is 9.94. The number of amides is 1. The summed E-state index contributed by atoms with van der Waals surface area (Å²) in [7, 11) is 1.63. The van der Waals surface area contributed by atoms with Gasteiger partial charge in [-0.1, -0.05) is 30.9 Å². The maximum atomic E-state index is 13.5. The lowest BCUT2D eigenvalue weighted by Crippen LogP contribution is -2.52. The topological polar surface area (TPSA) is 54.8 Å². The number of carbonyl (C=O) groups is 2. The van der Waals surface area contributed by atoms with Crippen LogP contribution < -0.4 is 4.74 Å². The summed E-state index contributed by atoms with van der Waals surface area (Å²) >= 11 is 6.03. The highest BCUT2D eigenvalue weighted by Crippen LogP contribution is 2.31. The minimum absolute atomic E-state index is 0.113. The number of piperazine rings is 1. The van der Waals surface area contributed by atoms with Gasteiger partial charge < -0.3 is 9.64 Å². The number of carbonyl (C=O) groups excluding carboxylic acids is 2. The molecule has 36 heavy (non-hydrogen) atoms. The number of aromatic nitrogens is 1. The van der Waals surface area contributed by atoms with E-state index in [9.17, 15) is 9.59 Å². The smallest absolute Gasteiger partial charge is 0.262 e. The molecule has 0 bridgehead atoms. The average molecular weight is 508 g/mol. The van der Waals surface area contributed by atoms with Crippen molar-refractivity contribution in [2.75, 3.05) is 33.3 Å². The third-order valence-electron chi connectivity index (χ3n) is 7.92. The number of ether oxygens (including phenoxy) is 1. The average Bonchev–Trinajstić information content (AvgIpc) is 3.19. The number of benzene rings is 2. The molecule has 0 N–H and O–H groups in total. The second-order valence-corrected chi connectivity index (χ2v) is 10.4. The molecular weight excluding hydrogens is 474 g/mol. The van der Waals surface area contributed by atoms with Gasteiger partial charge in [0, 0.05) is 53.9 Å². The van der Waals surface area contributed by atoms with E-state index < -0.39 is 0 Å². The summed E-state index contributed by atoms with van der Waals surface area (Å²) in [5.74, 6) is 0.676. The molecule has 0 atom stereocenters. The molecule has 1 saturated heterocycles. The molecule has 2 heterocycles. The number of nitrogens with zero attached hydrogens (tertiary/aromatic N) is 3. The SMILES string of the molecule is COc1ccc2c(c1)c(CC(=O)N1CCN(C3CCCCC3)CC1)c(C)n2C(=O)c1ccc(Cl)cc1. The summed E-state index contributed by atoms with van der Waals surface area (Å²) in [5.41, 5.74) is 2.99. The van der Waals surface area contributed by atoms with Gasteiger partial charge in [0.25, 0.3) is 5.91 Å². The summed E-state index contributed by atoms with van der Waals surface area (Å²) in [5, 5.41) is 1.46. The highest BCUT2D eigenvalue weighted by molar-refractivity contribution is 6.30. The van der Waals surface area contributed by atoms with Crippen LogP contribution in [0.25, 0.3) is 10.9 Å². The van der Waals surface area contributed by atoms with Gasteiger partial charge in [0.1, 0.15) is 5.75 Å². The molecule has 5 rings (SSSR count). The molecule has 1 amide bonds. The minimum Gasteiger partial charge on any atom is -0.497 e. The Hall–Kier alpha value is -2.83. The summed E-state index contributed by atoms with van der Waals surface area (Å²) in [4.78, 5) is 31.5. The zero-order chi connectivity index (χ0) is 25.2. The molecule has 3 aromatic rings. The maximum Gasteiger partial charge on any atom is 0.262 e. The lowest BCUT2D eigenvalue weighted by Gasteiger charge is -2.40. The van der Waals surface area contributed by atoms with Crippen molar-refractivity contribution in [3.05, 3.63) is 64.3 Å². The molecule has 0 unspecified atom stereocenters. The highest BCUT2D eigenvalue weighted by atomic mass is 35.5. The van der Waals surface area contributed by atoms with E-state index in [1.54, 1.807) is 35.9 Å². The molecule has 6 nitrogen and oxygen atoms in total. The predicted molar refractivity (Wildman–Crippen MR) is 143 cm³/mol. The van der Waals surface area contributed by atoms with Crippen LogP contribution in [0.5, 0.6) is 5.75 Å². The summed E-state index contributed by atoms with van der Waals surface area (Å²) < 4.78 is 7.18. The van der Waals surface area contributed by atoms with Gasteiger partial charge in [-0.3, -0.25) is 19.1 Å². The molecular formula is C29H34ClN3O3. The van der Waals surface area contributed by atoms with E-state index in [-0.39, 0.29) is 18.2 Å². The van der Waals surface area contributed by atoms with E-state index in [0.29, 0.717) is 22.4 Å². The van der Waals surface area contributed by atoms with Crippen molar-refractivity contribution < 1.29 is 14.3 Å². The summed E-state index contributed by atoms with van der Waals surface area (Å²) in [6, 6.07) is 13.3. The molecule has 1 aliphatic carbocycles. The molecule has 2 aliphatic rings.